The summed E-state index contributed by atoms with van der Waals surface area (Å²) >= 11 is 0. The molecule has 0 aromatic heterocycles. The topological polar surface area (TPSA) is 15.3 Å². The van der Waals surface area contributed by atoms with Crippen LogP contribution in [0, 0.1) is 5.92 Å². The molecule has 1 aromatic rings. The van der Waals surface area contributed by atoms with Gasteiger partial charge in [0, 0.05) is 25.3 Å². The first-order chi connectivity index (χ1) is 8.85. The van der Waals surface area contributed by atoms with Gasteiger partial charge in [0.25, 0.3) is 0 Å². The number of anilines is 1. The summed E-state index contributed by atoms with van der Waals surface area (Å²) in [6.45, 7) is 9.09. The van der Waals surface area contributed by atoms with Crippen molar-refractivity contribution >= 4 is 5.69 Å². The highest BCUT2D eigenvalue weighted by Gasteiger charge is 2.22. The minimum absolute atomic E-state index is 0.890. The molecule has 1 N–H and O–H groups in total. The number of nitrogens with zero attached hydrogens (tertiary/aromatic N) is 1. The maximum Gasteiger partial charge on any atom is 0.0411 e. The fourth-order valence-electron chi connectivity index (χ4n) is 2.75. The minimum atomic E-state index is 0.890. The minimum Gasteiger partial charge on any atom is -0.371 e. The van der Waals surface area contributed by atoms with Crippen LogP contribution < -0.4 is 10.2 Å². The van der Waals surface area contributed by atoms with Gasteiger partial charge in [0.1, 0.15) is 0 Å². The molecule has 2 rings (SSSR count). The van der Waals surface area contributed by atoms with Gasteiger partial charge in [-0.2, -0.15) is 0 Å². The number of hydrogen-bond donors (Lipinski definition) is 1. The van der Waals surface area contributed by atoms with Gasteiger partial charge in [0.05, 0.1) is 0 Å². The number of hydrogen-bond acceptors (Lipinski definition) is 2. The van der Waals surface area contributed by atoms with Gasteiger partial charge >= 0.3 is 0 Å². The van der Waals surface area contributed by atoms with Crippen molar-refractivity contribution in [3.8, 4) is 0 Å². The molecule has 1 aliphatic heterocycles. The zero-order chi connectivity index (χ0) is 12.8. The van der Waals surface area contributed by atoms with E-state index in [1.54, 1.807) is 0 Å². The smallest absolute Gasteiger partial charge is 0.0411 e. The van der Waals surface area contributed by atoms with Crippen LogP contribution in [0.5, 0.6) is 0 Å². The summed E-state index contributed by atoms with van der Waals surface area (Å²) in [6, 6.07) is 8.86. The van der Waals surface area contributed by atoms with Crippen molar-refractivity contribution in [3.63, 3.8) is 0 Å². The van der Waals surface area contributed by atoms with Crippen LogP contribution in [0.25, 0.3) is 0 Å². The Balaban J connectivity index is 2.03. The lowest BCUT2D eigenvalue weighted by Gasteiger charge is -2.22. The van der Waals surface area contributed by atoms with Gasteiger partial charge in [-0.25, -0.2) is 0 Å². The summed E-state index contributed by atoms with van der Waals surface area (Å²) in [6.07, 6.45) is 3.86. The van der Waals surface area contributed by atoms with E-state index in [1.165, 1.54) is 43.6 Å². The molecule has 0 spiro atoms. The second-order valence-electron chi connectivity index (χ2n) is 5.31. The predicted octanol–water partition coefficient (Wildman–Crippen LogP) is 3.42. The van der Waals surface area contributed by atoms with Gasteiger partial charge in [0.2, 0.25) is 0 Å². The molecule has 0 amide bonds. The van der Waals surface area contributed by atoms with Crippen LogP contribution in [-0.4, -0.2) is 19.6 Å². The quantitative estimate of drug-likeness (QED) is 0.774. The molecule has 1 heterocycles. The van der Waals surface area contributed by atoms with E-state index in [1.807, 2.05) is 0 Å². The van der Waals surface area contributed by atoms with Crippen LogP contribution >= 0.6 is 0 Å². The monoisotopic (exact) mass is 246 g/mol. The summed E-state index contributed by atoms with van der Waals surface area (Å²) in [7, 11) is 0. The molecular formula is C16H26N2. The number of benzene rings is 1. The van der Waals surface area contributed by atoms with Gasteiger partial charge in [-0.1, -0.05) is 38.5 Å². The Bertz CT molecular complexity index is 362. The van der Waals surface area contributed by atoms with Crippen molar-refractivity contribution in [2.45, 2.75) is 39.7 Å². The predicted molar refractivity (Wildman–Crippen MR) is 79.1 cm³/mol. The van der Waals surface area contributed by atoms with Crippen molar-refractivity contribution in [1.82, 2.24) is 5.32 Å². The molecule has 1 aliphatic rings. The van der Waals surface area contributed by atoms with Crippen LogP contribution in [-0.2, 0) is 6.54 Å². The SMILES string of the molecule is CCCNCc1ccccc1N1CCC(CC)C1. The Morgan fingerprint density at radius 2 is 2.11 bits per heavy atom. The third-order valence-corrected chi connectivity index (χ3v) is 3.94. The molecule has 0 bridgehead atoms. The lowest BCUT2D eigenvalue weighted by atomic mass is 10.1. The van der Waals surface area contributed by atoms with Gasteiger partial charge in [-0.15, -0.1) is 0 Å². The highest BCUT2D eigenvalue weighted by Crippen LogP contribution is 2.28. The average Bonchev–Trinajstić information content (AvgIpc) is 2.88. The van der Waals surface area contributed by atoms with E-state index in [2.05, 4.69) is 48.3 Å². The summed E-state index contributed by atoms with van der Waals surface area (Å²) in [5, 5.41) is 3.51. The Labute approximate surface area is 111 Å². The summed E-state index contributed by atoms with van der Waals surface area (Å²) in [5.41, 5.74) is 2.89. The molecule has 18 heavy (non-hydrogen) atoms. The molecule has 100 valence electrons. The van der Waals surface area contributed by atoms with Crippen LogP contribution in [0.2, 0.25) is 0 Å². The molecule has 1 atom stereocenters. The van der Waals surface area contributed by atoms with Gasteiger partial charge in [-0.3, -0.25) is 0 Å². The van der Waals surface area contributed by atoms with Crippen molar-refractivity contribution in [1.29, 1.82) is 0 Å². The highest BCUT2D eigenvalue weighted by molar-refractivity contribution is 5.54. The summed E-state index contributed by atoms with van der Waals surface area (Å²) < 4.78 is 0. The van der Waals surface area contributed by atoms with E-state index in [9.17, 15) is 0 Å². The van der Waals surface area contributed by atoms with E-state index < -0.39 is 0 Å². The zero-order valence-electron chi connectivity index (χ0n) is 11.8. The van der Waals surface area contributed by atoms with E-state index in [0.29, 0.717) is 0 Å². The maximum atomic E-state index is 3.51. The molecule has 2 heteroatoms. The summed E-state index contributed by atoms with van der Waals surface area (Å²) in [4.78, 5) is 2.57. The van der Waals surface area contributed by atoms with Gasteiger partial charge < -0.3 is 10.2 Å². The first-order valence-electron chi connectivity index (χ1n) is 7.38. The third kappa shape index (κ3) is 3.26. The standard InChI is InChI=1S/C16H26N2/c1-3-10-17-12-15-7-5-6-8-16(15)18-11-9-14(4-2)13-18/h5-8,14,17H,3-4,9-13H2,1-2H3. The van der Waals surface area contributed by atoms with E-state index in [0.717, 1.165) is 19.0 Å². The van der Waals surface area contributed by atoms with Gasteiger partial charge in [0.15, 0.2) is 0 Å². The number of para-hydroxylation sites is 1. The molecule has 2 nitrogen and oxygen atoms in total. The van der Waals surface area contributed by atoms with E-state index in [-0.39, 0.29) is 0 Å². The normalized spacial score (nSPS) is 19.4. The molecule has 0 saturated carbocycles. The first kappa shape index (κ1) is 13.4. The van der Waals surface area contributed by atoms with Crippen molar-refractivity contribution in [2.75, 3.05) is 24.5 Å². The lowest BCUT2D eigenvalue weighted by molar-refractivity contribution is 0.569. The van der Waals surface area contributed by atoms with Crippen molar-refractivity contribution in [3.05, 3.63) is 29.8 Å². The maximum absolute atomic E-state index is 3.51. The average molecular weight is 246 g/mol. The van der Waals surface area contributed by atoms with Crippen LogP contribution in [0.3, 0.4) is 0 Å². The number of rotatable bonds is 6. The van der Waals surface area contributed by atoms with Gasteiger partial charge in [-0.05, 0) is 36.9 Å². The summed E-state index contributed by atoms with van der Waals surface area (Å²) in [5.74, 6) is 0.890. The molecule has 1 fully saturated rings. The number of nitrogens with one attached hydrogen (secondary N) is 1. The van der Waals surface area contributed by atoms with Crippen LogP contribution in [0.15, 0.2) is 24.3 Å². The molecule has 1 unspecified atom stereocenters. The second-order valence-corrected chi connectivity index (χ2v) is 5.31. The molecule has 1 saturated heterocycles. The van der Waals surface area contributed by atoms with Crippen molar-refractivity contribution < 1.29 is 0 Å². The molecule has 0 radical (unpaired) electrons. The van der Waals surface area contributed by atoms with Crippen LogP contribution in [0.1, 0.15) is 38.7 Å². The zero-order valence-corrected chi connectivity index (χ0v) is 11.8. The largest absolute Gasteiger partial charge is 0.371 e. The fraction of sp³-hybridized carbons (Fsp3) is 0.625. The molecular weight excluding hydrogens is 220 g/mol. The molecule has 1 aromatic carbocycles. The Kier molecular flexibility index (Phi) is 5.06. The Hall–Kier alpha value is -1.02. The molecule has 0 aliphatic carbocycles. The highest BCUT2D eigenvalue weighted by atomic mass is 15.2. The lowest BCUT2D eigenvalue weighted by Crippen LogP contribution is -2.23. The Morgan fingerprint density at radius 1 is 1.28 bits per heavy atom. The van der Waals surface area contributed by atoms with Crippen LogP contribution in [0.4, 0.5) is 5.69 Å². The Morgan fingerprint density at radius 3 is 2.83 bits per heavy atom. The third-order valence-electron chi connectivity index (χ3n) is 3.94. The van der Waals surface area contributed by atoms with E-state index in [4.69, 9.17) is 0 Å². The second kappa shape index (κ2) is 6.79. The van der Waals surface area contributed by atoms with E-state index >= 15 is 0 Å². The first-order valence-corrected chi connectivity index (χ1v) is 7.38. The van der Waals surface area contributed by atoms with Crippen molar-refractivity contribution in [2.24, 2.45) is 5.92 Å². The fourth-order valence-corrected chi connectivity index (χ4v) is 2.75.